The average Bonchev–Trinajstić information content (AvgIpc) is 3.15. The number of carbonyl (C=O) groups is 1. The molecule has 2 N–H and O–H groups in total. The maximum Gasteiger partial charge on any atom is 0.315 e. The number of nitrogens with one attached hydrogen (secondary N) is 2. The predicted octanol–water partition coefficient (Wildman–Crippen LogP) is 2.16. The lowest BCUT2D eigenvalue weighted by molar-refractivity contribution is 0.238. The van der Waals surface area contributed by atoms with Gasteiger partial charge in [0.05, 0.1) is 12.0 Å². The van der Waals surface area contributed by atoms with Gasteiger partial charge >= 0.3 is 6.03 Å². The summed E-state index contributed by atoms with van der Waals surface area (Å²) in [5.41, 5.74) is 2.10. The first-order valence-corrected chi connectivity index (χ1v) is 9.11. The minimum Gasteiger partial charge on any atom is -0.338 e. The van der Waals surface area contributed by atoms with E-state index in [1.54, 1.807) is 12.5 Å². The molecule has 6 nitrogen and oxygen atoms in total. The highest BCUT2D eigenvalue weighted by molar-refractivity contribution is 5.74. The van der Waals surface area contributed by atoms with Gasteiger partial charge in [0.15, 0.2) is 0 Å². The summed E-state index contributed by atoms with van der Waals surface area (Å²) < 4.78 is 1.96. The molecule has 0 radical (unpaired) electrons. The molecule has 1 aliphatic heterocycles. The standard InChI is InChI=1S/C19H25N5O/c25-19(21-11-15-7-9-23(13-15)17-5-6-17)22-12-16-3-1-2-4-18(16)24-10-8-20-14-24/h1-4,8,10,14-15,17H,5-7,9,11-13H2,(H2,21,22,25)/t15-/m1/s1. The van der Waals surface area contributed by atoms with E-state index in [-0.39, 0.29) is 6.03 Å². The molecule has 2 aromatic rings. The Labute approximate surface area is 148 Å². The second-order valence-electron chi connectivity index (χ2n) is 7.04. The quantitative estimate of drug-likeness (QED) is 0.848. The molecular formula is C19H25N5O. The van der Waals surface area contributed by atoms with Crippen molar-refractivity contribution in [3.63, 3.8) is 0 Å². The van der Waals surface area contributed by atoms with Crippen LogP contribution in [-0.4, -0.2) is 46.2 Å². The molecule has 4 rings (SSSR count). The molecule has 25 heavy (non-hydrogen) atoms. The van der Waals surface area contributed by atoms with Crippen LogP contribution in [0.1, 0.15) is 24.8 Å². The Morgan fingerprint density at radius 3 is 2.88 bits per heavy atom. The molecule has 1 atom stereocenters. The van der Waals surface area contributed by atoms with Crippen LogP contribution in [0.5, 0.6) is 0 Å². The van der Waals surface area contributed by atoms with Crippen molar-refractivity contribution in [2.45, 2.75) is 31.8 Å². The first-order chi connectivity index (χ1) is 12.3. The zero-order valence-corrected chi connectivity index (χ0v) is 14.4. The Kier molecular flexibility index (Phi) is 4.70. The number of likely N-dealkylation sites (tertiary alicyclic amines) is 1. The van der Waals surface area contributed by atoms with Crippen LogP contribution in [-0.2, 0) is 6.54 Å². The van der Waals surface area contributed by atoms with Crippen molar-refractivity contribution < 1.29 is 4.79 Å². The van der Waals surface area contributed by atoms with Crippen LogP contribution in [0.15, 0.2) is 43.0 Å². The fraction of sp³-hybridized carbons (Fsp3) is 0.474. The molecule has 1 saturated carbocycles. The third-order valence-corrected chi connectivity index (χ3v) is 5.15. The molecular weight excluding hydrogens is 314 g/mol. The van der Waals surface area contributed by atoms with E-state index in [1.165, 1.54) is 25.8 Å². The SMILES string of the molecule is O=C(NCc1ccccc1-n1ccnc1)NC[C@H]1CCN(C2CC2)C1. The Morgan fingerprint density at radius 2 is 2.08 bits per heavy atom. The maximum absolute atomic E-state index is 12.1. The first kappa shape index (κ1) is 16.1. The zero-order valence-electron chi connectivity index (χ0n) is 14.4. The molecule has 2 heterocycles. The van der Waals surface area contributed by atoms with Gasteiger partial charge in [-0.05, 0) is 43.4 Å². The van der Waals surface area contributed by atoms with E-state index in [1.807, 2.05) is 35.0 Å². The van der Waals surface area contributed by atoms with E-state index in [9.17, 15) is 4.79 Å². The third-order valence-electron chi connectivity index (χ3n) is 5.15. The first-order valence-electron chi connectivity index (χ1n) is 9.11. The fourth-order valence-electron chi connectivity index (χ4n) is 3.59. The average molecular weight is 339 g/mol. The second kappa shape index (κ2) is 7.27. The molecule has 0 unspecified atom stereocenters. The van der Waals surface area contributed by atoms with Crippen LogP contribution in [0.2, 0.25) is 0 Å². The number of benzene rings is 1. The second-order valence-corrected chi connectivity index (χ2v) is 7.04. The summed E-state index contributed by atoms with van der Waals surface area (Å²) in [4.78, 5) is 18.8. The summed E-state index contributed by atoms with van der Waals surface area (Å²) in [5.74, 6) is 0.588. The van der Waals surface area contributed by atoms with Crippen molar-refractivity contribution in [2.75, 3.05) is 19.6 Å². The smallest absolute Gasteiger partial charge is 0.315 e. The summed E-state index contributed by atoms with van der Waals surface area (Å²) in [6.07, 6.45) is 9.34. The number of carbonyl (C=O) groups excluding carboxylic acids is 1. The number of hydrogen-bond acceptors (Lipinski definition) is 3. The third kappa shape index (κ3) is 4.02. The summed E-state index contributed by atoms with van der Waals surface area (Å²) in [5, 5.41) is 6.01. The number of hydrogen-bond donors (Lipinski definition) is 2. The zero-order chi connectivity index (χ0) is 17.1. The lowest BCUT2D eigenvalue weighted by Crippen LogP contribution is -2.38. The Bertz CT molecular complexity index is 710. The van der Waals surface area contributed by atoms with E-state index in [0.717, 1.165) is 30.4 Å². The van der Waals surface area contributed by atoms with Gasteiger partial charge in [0.1, 0.15) is 0 Å². The van der Waals surface area contributed by atoms with Gasteiger partial charge in [-0.15, -0.1) is 0 Å². The van der Waals surface area contributed by atoms with Crippen LogP contribution >= 0.6 is 0 Å². The molecule has 132 valence electrons. The Morgan fingerprint density at radius 1 is 1.20 bits per heavy atom. The molecule has 2 fully saturated rings. The molecule has 6 heteroatoms. The van der Waals surface area contributed by atoms with Gasteiger partial charge in [0, 0.05) is 38.1 Å². The number of para-hydroxylation sites is 1. The molecule has 0 bridgehead atoms. The van der Waals surface area contributed by atoms with E-state index < -0.39 is 0 Å². The number of urea groups is 1. The highest BCUT2D eigenvalue weighted by Gasteiger charge is 2.34. The van der Waals surface area contributed by atoms with E-state index >= 15 is 0 Å². The largest absolute Gasteiger partial charge is 0.338 e. The highest BCUT2D eigenvalue weighted by Crippen LogP contribution is 2.31. The molecule has 1 saturated heterocycles. The molecule has 2 aliphatic rings. The van der Waals surface area contributed by atoms with Gasteiger partial charge in [-0.25, -0.2) is 9.78 Å². The number of imidazole rings is 1. The monoisotopic (exact) mass is 339 g/mol. The summed E-state index contributed by atoms with van der Waals surface area (Å²) in [6.45, 7) is 3.59. The van der Waals surface area contributed by atoms with Crippen LogP contribution in [0.25, 0.3) is 5.69 Å². The van der Waals surface area contributed by atoms with Gasteiger partial charge < -0.3 is 20.1 Å². The Hall–Kier alpha value is -2.34. The fourth-order valence-corrected chi connectivity index (χ4v) is 3.59. The van der Waals surface area contributed by atoms with Crippen LogP contribution in [0, 0.1) is 5.92 Å². The summed E-state index contributed by atoms with van der Waals surface area (Å²) in [6, 6.07) is 8.77. The molecule has 1 aliphatic carbocycles. The van der Waals surface area contributed by atoms with Gasteiger partial charge in [0.2, 0.25) is 0 Å². The topological polar surface area (TPSA) is 62.2 Å². The van der Waals surface area contributed by atoms with Gasteiger partial charge in [-0.2, -0.15) is 0 Å². The summed E-state index contributed by atoms with van der Waals surface area (Å²) in [7, 11) is 0. The van der Waals surface area contributed by atoms with Gasteiger partial charge in [-0.1, -0.05) is 18.2 Å². The van der Waals surface area contributed by atoms with Crippen molar-refractivity contribution in [1.82, 2.24) is 25.1 Å². The van der Waals surface area contributed by atoms with Crippen molar-refractivity contribution in [2.24, 2.45) is 5.92 Å². The lowest BCUT2D eigenvalue weighted by atomic mass is 10.1. The van der Waals surface area contributed by atoms with Crippen LogP contribution in [0.4, 0.5) is 4.79 Å². The lowest BCUT2D eigenvalue weighted by Gasteiger charge is -2.16. The number of amides is 2. The van der Waals surface area contributed by atoms with Gasteiger partial charge in [0.25, 0.3) is 0 Å². The van der Waals surface area contributed by atoms with Crippen LogP contribution < -0.4 is 10.6 Å². The van der Waals surface area contributed by atoms with E-state index in [2.05, 4.69) is 20.5 Å². The van der Waals surface area contributed by atoms with Crippen LogP contribution in [0.3, 0.4) is 0 Å². The van der Waals surface area contributed by atoms with E-state index in [4.69, 9.17) is 0 Å². The van der Waals surface area contributed by atoms with Crippen molar-refractivity contribution in [3.8, 4) is 5.69 Å². The number of rotatable bonds is 6. The Balaban J connectivity index is 1.25. The van der Waals surface area contributed by atoms with Crippen molar-refractivity contribution in [3.05, 3.63) is 48.5 Å². The van der Waals surface area contributed by atoms with E-state index in [0.29, 0.717) is 12.5 Å². The molecule has 2 amide bonds. The number of aromatic nitrogens is 2. The highest BCUT2D eigenvalue weighted by atomic mass is 16.2. The minimum absolute atomic E-state index is 0.0923. The van der Waals surface area contributed by atoms with Gasteiger partial charge in [-0.3, -0.25) is 0 Å². The predicted molar refractivity (Wildman–Crippen MR) is 96.5 cm³/mol. The van der Waals surface area contributed by atoms with Crippen molar-refractivity contribution in [1.29, 1.82) is 0 Å². The molecule has 0 spiro atoms. The van der Waals surface area contributed by atoms with Crippen molar-refractivity contribution >= 4 is 6.03 Å². The maximum atomic E-state index is 12.1. The number of nitrogens with zero attached hydrogens (tertiary/aromatic N) is 3. The normalized spacial score (nSPS) is 20.6. The molecule has 1 aromatic carbocycles. The minimum atomic E-state index is -0.0923. The molecule has 1 aromatic heterocycles. The summed E-state index contributed by atoms with van der Waals surface area (Å²) >= 11 is 0.